The number of guanidine groups is 1. The Morgan fingerprint density at radius 1 is 1.25 bits per heavy atom. The van der Waals surface area contributed by atoms with Crippen LogP contribution in [-0.4, -0.2) is 5.96 Å². The first-order valence-electron chi connectivity index (χ1n) is 3.18. The molecular formula is C7H11FN4. The van der Waals surface area contributed by atoms with Crippen LogP contribution < -0.4 is 17.0 Å². The van der Waals surface area contributed by atoms with Gasteiger partial charge in [-0.1, -0.05) is 18.2 Å². The Labute approximate surface area is 69.8 Å². The van der Waals surface area contributed by atoms with E-state index in [9.17, 15) is 4.48 Å². The Balaban J connectivity index is 0.000000261. The number of nitrogens with two attached hydrogens (primary N) is 2. The van der Waals surface area contributed by atoms with Crippen molar-refractivity contribution in [2.24, 2.45) is 11.5 Å². The highest BCUT2D eigenvalue weighted by atomic mass is 19.2. The molecule has 1 rings (SSSR count). The molecule has 1 aromatic rings. The molecule has 0 spiro atoms. The maximum Gasteiger partial charge on any atom is 0.183 e. The predicted molar refractivity (Wildman–Crippen MR) is 47.3 cm³/mol. The van der Waals surface area contributed by atoms with Gasteiger partial charge < -0.3 is 11.5 Å². The van der Waals surface area contributed by atoms with Crippen LogP contribution in [0, 0.1) is 5.41 Å². The van der Waals surface area contributed by atoms with E-state index < -0.39 is 0 Å². The van der Waals surface area contributed by atoms with E-state index in [1.165, 1.54) is 5.54 Å². The van der Waals surface area contributed by atoms with Crippen molar-refractivity contribution in [1.82, 2.24) is 0 Å². The summed E-state index contributed by atoms with van der Waals surface area (Å²) in [5.41, 5.74) is 11.0. The standard InChI is InChI=1S/C6H6FN.CH5N3/c7-8-6-4-2-1-3-5-6;2-1(3)4/h1-5,8H;(H5,2,3,4). The molecule has 5 heteroatoms. The van der Waals surface area contributed by atoms with Gasteiger partial charge in [-0.3, -0.25) is 5.41 Å². The maximum absolute atomic E-state index is 11.5. The van der Waals surface area contributed by atoms with E-state index in [0.717, 1.165) is 0 Å². The lowest BCUT2D eigenvalue weighted by atomic mass is 10.3. The van der Waals surface area contributed by atoms with Crippen LogP contribution in [0.3, 0.4) is 0 Å². The third kappa shape index (κ3) is 6.34. The van der Waals surface area contributed by atoms with Gasteiger partial charge in [0.25, 0.3) is 0 Å². The number of hydrogen-bond acceptors (Lipinski definition) is 2. The Hall–Kier alpha value is -1.78. The molecule has 6 N–H and O–H groups in total. The molecule has 1 aromatic carbocycles. The highest BCUT2D eigenvalue weighted by molar-refractivity contribution is 5.71. The number of anilines is 1. The molecule has 0 unspecified atom stereocenters. The van der Waals surface area contributed by atoms with Gasteiger partial charge in [0, 0.05) is 0 Å². The van der Waals surface area contributed by atoms with E-state index >= 15 is 0 Å². The quantitative estimate of drug-likeness (QED) is 0.286. The van der Waals surface area contributed by atoms with Crippen LogP contribution in [0.5, 0.6) is 0 Å². The highest BCUT2D eigenvalue weighted by Crippen LogP contribution is 2.03. The lowest BCUT2D eigenvalue weighted by molar-refractivity contribution is 0.618. The number of hydrogen-bond donors (Lipinski definition) is 4. The molecule has 0 aromatic heterocycles. The molecule has 0 fully saturated rings. The van der Waals surface area contributed by atoms with Gasteiger partial charge >= 0.3 is 0 Å². The first kappa shape index (κ1) is 10.2. The van der Waals surface area contributed by atoms with E-state index in [1.807, 2.05) is 6.07 Å². The van der Waals surface area contributed by atoms with Crippen molar-refractivity contribution >= 4 is 11.6 Å². The summed E-state index contributed by atoms with van der Waals surface area (Å²) in [4.78, 5) is 0. The Bertz CT molecular complexity index is 220. The third-order valence-corrected chi connectivity index (χ3v) is 0.883. The van der Waals surface area contributed by atoms with E-state index in [4.69, 9.17) is 5.41 Å². The van der Waals surface area contributed by atoms with Crippen LogP contribution in [0.2, 0.25) is 0 Å². The van der Waals surface area contributed by atoms with Crippen LogP contribution >= 0.6 is 0 Å². The fourth-order valence-corrected chi connectivity index (χ4v) is 0.501. The van der Waals surface area contributed by atoms with Crippen LogP contribution in [0.25, 0.3) is 0 Å². The Morgan fingerprint density at radius 3 is 1.92 bits per heavy atom. The van der Waals surface area contributed by atoms with Crippen LogP contribution in [-0.2, 0) is 0 Å². The topological polar surface area (TPSA) is 87.9 Å². The monoisotopic (exact) mass is 170 g/mol. The fraction of sp³-hybridized carbons (Fsp3) is 0. The van der Waals surface area contributed by atoms with Crippen molar-refractivity contribution in [3.05, 3.63) is 30.3 Å². The SMILES string of the molecule is FNc1ccccc1.N=C(N)N. The van der Waals surface area contributed by atoms with Gasteiger partial charge in [-0.05, 0) is 12.1 Å². The average molecular weight is 170 g/mol. The first-order valence-corrected chi connectivity index (χ1v) is 3.18. The number of nitrogens with one attached hydrogen (secondary N) is 2. The van der Waals surface area contributed by atoms with Gasteiger partial charge in [0.1, 0.15) is 0 Å². The van der Waals surface area contributed by atoms with Gasteiger partial charge in [0.05, 0.1) is 5.69 Å². The lowest BCUT2D eigenvalue weighted by Crippen LogP contribution is -2.20. The summed E-state index contributed by atoms with van der Waals surface area (Å²) >= 11 is 0. The number of benzene rings is 1. The summed E-state index contributed by atoms with van der Waals surface area (Å²) in [5.74, 6) is -0.333. The van der Waals surface area contributed by atoms with Gasteiger partial charge in [-0.15, -0.1) is 4.48 Å². The predicted octanol–water partition coefficient (Wildman–Crippen LogP) is 0.822. The molecule has 4 nitrogen and oxygen atoms in total. The minimum Gasteiger partial charge on any atom is -0.370 e. The minimum absolute atomic E-state index is 0.333. The smallest absolute Gasteiger partial charge is 0.183 e. The van der Waals surface area contributed by atoms with Gasteiger partial charge in [-0.2, -0.15) is 0 Å². The summed E-state index contributed by atoms with van der Waals surface area (Å²) in [6.45, 7) is 0. The maximum atomic E-state index is 11.5. The van der Waals surface area contributed by atoms with Crippen LogP contribution in [0.15, 0.2) is 30.3 Å². The molecular weight excluding hydrogens is 159 g/mol. The second kappa shape index (κ2) is 5.96. The zero-order valence-electron chi connectivity index (χ0n) is 6.42. The molecule has 0 heterocycles. The fourth-order valence-electron chi connectivity index (χ4n) is 0.501. The first-order chi connectivity index (χ1) is 5.66. The molecule has 0 saturated heterocycles. The van der Waals surface area contributed by atoms with Crippen molar-refractivity contribution in [2.45, 2.75) is 0 Å². The highest BCUT2D eigenvalue weighted by Gasteiger charge is 1.80. The van der Waals surface area contributed by atoms with E-state index in [-0.39, 0.29) is 5.96 Å². The van der Waals surface area contributed by atoms with E-state index in [0.29, 0.717) is 5.69 Å². The van der Waals surface area contributed by atoms with Crippen molar-refractivity contribution in [3.63, 3.8) is 0 Å². The van der Waals surface area contributed by atoms with Crippen molar-refractivity contribution in [2.75, 3.05) is 5.54 Å². The summed E-state index contributed by atoms with van der Waals surface area (Å²) in [5, 5.41) is 6.06. The molecule has 0 aliphatic carbocycles. The van der Waals surface area contributed by atoms with Gasteiger partial charge in [0.15, 0.2) is 5.96 Å². The molecule has 0 aliphatic heterocycles. The summed E-state index contributed by atoms with van der Waals surface area (Å²) in [6.07, 6.45) is 0. The molecule has 0 amide bonds. The van der Waals surface area contributed by atoms with Crippen molar-refractivity contribution in [1.29, 1.82) is 5.41 Å². The van der Waals surface area contributed by atoms with Crippen molar-refractivity contribution in [3.8, 4) is 0 Å². The van der Waals surface area contributed by atoms with E-state index in [1.54, 1.807) is 24.3 Å². The second-order valence-corrected chi connectivity index (χ2v) is 1.92. The largest absolute Gasteiger partial charge is 0.370 e. The molecule has 0 radical (unpaired) electrons. The van der Waals surface area contributed by atoms with Crippen LogP contribution in [0.4, 0.5) is 10.2 Å². The molecule has 0 aliphatic rings. The minimum atomic E-state index is -0.333. The van der Waals surface area contributed by atoms with Crippen LogP contribution in [0.1, 0.15) is 0 Å². The molecule has 0 atom stereocenters. The summed E-state index contributed by atoms with van der Waals surface area (Å²) in [7, 11) is 0. The summed E-state index contributed by atoms with van der Waals surface area (Å²) in [6, 6.07) is 8.67. The zero-order valence-corrected chi connectivity index (χ0v) is 6.42. The molecule has 0 bridgehead atoms. The Kier molecular flexibility index (Phi) is 5.08. The average Bonchev–Trinajstić information content (AvgIpc) is 2.05. The van der Waals surface area contributed by atoms with E-state index in [2.05, 4.69) is 11.5 Å². The number of rotatable bonds is 1. The Morgan fingerprint density at radius 2 is 1.67 bits per heavy atom. The second-order valence-electron chi connectivity index (χ2n) is 1.92. The lowest BCUT2D eigenvalue weighted by Gasteiger charge is -1.89. The molecule has 12 heavy (non-hydrogen) atoms. The van der Waals surface area contributed by atoms with Gasteiger partial charge in [-0.25, -0.2) is 5.54 Å². The normalized spacial score (nSPS) is 7.75. The number of halogens is 1. The molecule has 0 saturated carbocycles. The zero-order chi connectivity index (χ0) is 9.40. The van der Waals surface area contributed by atoms with Gasteiger partial charge in [0.2, 0.25) is 0 Å². The number of para-hydroxylation sites is 1. The molecule has 66 valence electrons. The third-order valence-electron chi connectivity index (χ3n) is 0.883. The van der Waals surface area contributed by atoms with Crippen molar-refractivity contribution < 1.29 is 4.48 Å². The summed E-state index contributed by atoms with van der Waals surface area (Å²) < 4.78 is 11.5.